The summed E-state index contributed by atoms with van der Waals surface area (Å²) in [5.74, 6) is 0. The van der Waals surface area contributed by atoms with Crippen LogP contribution in [0.3, 0.4) is 0 Å². The van der Waals surface area contributed by atoms with Crippen molar-refractivity contribution < 1.29 is 0 Å². The van der Waals surface area contributed by atoms with Gasteiger partial charge in [0.25, 0.3) is 0 Å². The molecular weight excluding hydrogens is 190 g/mol. The first-order chi connectivity index (χ1) is 6.42. The van der Waals surface area contributed by atoms with Gasteiger partial charge < -0.3 is 5.73 Å². The lowest BCUT2D eigenvalue weighted by Crippen LogP contribution is -2.34. The molecule has 1 aromatic rings. The van der Waals surface area contributed by atoms with E-state index in [1.54, 1.807) is 11.8 Å². The zero-order valence-corrected chi connectivity index (χ0v) is 10.2. The van der Waals surface area contributed by atoms with Crippen molar-refractivity contribution in [2.75, 3.05) is 6.26 Å². The molecule has 78 valence electrons. The molecule has 1 aromatic carbocycles. The van der Waals surface area contributed by atoms with Crippen LogP contribution in [0.25, 0.3) is 0 Å². The molecule has 14 heavy (non-hydrogen) atoms. The van der Waals surface area contributed by atoms with Gasteiger partial charge in [0.1, 0.15) is 0 Å². The van der Waals surface area contributed by atoms with Gasteiger partial charge >= 0.3 is 0 Å². The topological polar surface area (TPSA) is 26.0 Å². The first-order valence-electron chi connectivity index (χ1n) is 4.85. The quantitative estimate of drug-likeness (QED) is 0.774. The Balaban J connectivity index is 2.95. The summed E-state index contributed by atoms with van der Waals surface area (Å²) in [6, 6.07) is 6.58. The highest BCUT2D eigenvalue weighted by Crippen LogP contribution is 2.21. The summed E-state index contributed by atoms with van der Waals surface area (Å²) >= 11 is 1.78. The van der Waals surface area contributed by atoms with Crippen LogP contribution in [0.1, 0.15) is 25.0 Å². The van der Waals surface area contributed by atoms with E-state index in [9.17, 15) is 0 Å². The zero-order valence-electron chi connectivity index (χ0n) is 9.42. The van der Waals surface area contributed by atoms with E-state index in [4.69, 9.17) is 5.73 Å². The maximum atomic E-state index is 6.02. The van der Waals surface area contributed by atoms with E-state index in [-0.39, 0.29) is 5.54 Å². The van der Waals surface area contributed by atoms with Gasteiger partial charge in [0.15, 0.2) is 0 Å². The van der Waals surface area contributed by atoms with E-state index in [1.165, 1.54) is 16.0 Å². The molecule has 0 aliphatic carbocycles. The Morgan fingerprint density at radius 1 is 1.36 bits per heavy atom. The standard InChI is InChI=1S/C12H19NS/c1-9-5-6-11(14-4)7-10(9)8-12(2,3)13/h5-7H,8,13H2,1-4H3. The van der Waals surface area contributed by atoms with E-state index in [0.29, 0.717) is 0 Å². The molecule has 0 saturated carbocycles. The molecule has 0 fully saturated rings. The number of hydrogen-bond acceptors (Lipinski definition) is 2. The normalized spacial score (nSPS) is 11.8. The summed E-state index contributed by atoms with van der Waals surface area (Å²) in [5, 5.41) is 0. The molecule has 0 unspecified atom stereocenters. The van der Waals surface area contributed by atoms with Crippen LogP contribution in [-0.2, 0) is 6.42 Å². The second-order valence-electron chi connectivity index (χ2n) is 4.46. The van der Waals surface area contributed by atoms with Gasteiger partial charge in [0.2, 0.25) is 0 Å². The smallest absolute Gasteiger partial charge is 0.0138 e. The molecule has 0 aliphatic heterocycles. The Labute approximate surface area is 91.1 Å². The average molecular weight is 209 g/mol. The fourth-order valence-corrected chi connectivity index (χ4v) is 1.92. The summed E-state index contributed by atoms with van der Waals surface area (Å²) in [5.41, 5.74) is 8.60. The second-order valence-corrected chi connectivity index (χ2v) is 5.34. The Morgan fingerprint density at radius 3 is 2.50 bits per heavy atom. The molecule has 0 aliphatic rings. The third kappa shape index (κ3) is 3.35. The van der Waals surface area contributed by atoms with Crippen molar-refractivity contribution in [2.45, 2.75) is 37.6 Å². The van der Waals surface area contributed by atoms with Crippen LogP contribution in [0.2, 0.25) is 0 Å². The molecule has 0 heterocycles. The molecule has 2 heteroatoms. The molecule has 0 amide bonds. The lowest BCUT2D eigenvalue weighted by molar-refractivity contribution is 0.515. The van der Waals surface area contributed by atoms with Gasteiger partial charge in [-0.05, 0) is 56.7 Å². The third-order valence-corrected chi connectivity index (χ3v) is 2.93. The Kier molecular flexibility index (Phi) is 3.62. The van der Waals surface area contributed by atoms with Crippen molar-refractivity contribution >= 4 is 11.8 Å². The number of benzene rings is 1. The largest absolute Gasteiger partial charge is 0.325 e. The van der Waals surface area contributed by atoms with Gasteiger partial charge in [-0.3, -0.25) is 0 Å². The van der Waals surface area contributed by atoms with Gasteiger partial charge in [-0.25, -0.2) is 0 Å². The summed E-state index contributed by atoms with van der Waals surface area (Å²) < 4.78 is 0. The highest BCUT2D eigenvalue weighted by molar-refractivity contribution is 7.98. The van der Waals surface area contributed by atoms with E-state index < -0.39 is 0 Å². The minimum absolute atomic E-state index is 0.123. The number of hydrogen-bond donors (Lipinski definition) is 1. The van der Waals surface area contributed by atoms with E-state index in [1.807, 2.05) is 0 Å². The number of rotatable bonds is 3. The lowest BCUT2D eigenvalue weighted by Gasteiger charge is -2.20. The van der Waals surface area contributed by atoms with Crippen LogP contribution in [0.4, 0.5) is 0 Å². The maximum Gasteiger partial charge on any atom is 0.0138 e. The molecule has 0 spiro atoms. The molecule has 1 nitrogen and oxygen atoms in total. The van der Waals surface area contributed by atoms with Gasteiger partial charge in [-0.2, -0.15) is 0 Å². The predicted molar refractivity (Wildman–Crippen MR) is 64.9 cm³/mol. The molecular formula is C12H19NS. The van der Waals surface area contributed by atoms with Crippen molar-refractivity contribution in [3.63, 3.8) is 0 Å². The highest BCUT2D eigenvalue weighted by atomic mass is 32.2. The fourth-order valence-electron chi connectivity index (χ4n) is 1.46. The van der Waals surface area contributed by atoms with Crippen LogP contribution in [0.5, 0.6) is 0 Å². The van der Waals surface area contributed by atoms with Crippen LogP contribution in [0.15, 0.2) is 23.1 Å². The number of thioether (sulfide) groups is 1. The van der Waals surface area contributed by atoms with Gasteiger partial charge in [0.05, 0.1) is 0 Å². The lowest BCUT2D eigenvalue weighted by atomic mass is 9.93. The predicted octanol–water partition coefficient (Wildman–Crippen LogP) is 3.00. The molecule has 0 saturated heterocycles. The average Bonchev–Trinajstić information content (AvgIpc) is 2.06. The number of aryl methyl sites for hydroxylation is 1. The Hall–Kier alpha value is -0.470. The van der Waals surface area contributed by atoms with Crippen molar-refractivity contribution in [1.82, 2.24) is 0 Å². The van der Waals surface area contributed by atoms with Gasteiger partial charge in [-0.1, -0.05) is 6.07 Å². The van der Waals surface area contributed by atoms with Gasteiger partial charge in [0, 0.05) is 10.4 Å². The first-order valence-corrected chi connectivity index (χ1v) is 6.07. The summed E-state index contributed by atoms with van der Waals surface area (Å²) in [6.07, 6.45) is 3.04. The van der Waals surface area contributed by atoms with Crippen LogP contribution in [0, 0.1) is 6.92 Å². The SMILES string of the molecule is CSc1ccc(C)c(CC(C)(C)N)c1. The van der Waals surface area contributed by atoms with E-state index in [2.05, 4.69) is 45.2 Å². The Morgan fingerprint density at radius 2 is 2.00 bits per heavy atom. The number of nitrogens with two attached hydrogens (primary N) is 1. The summed E-state index contributed by atoms with van der Waals surface area (Å²) in [6.45, 7) is 6.28. The second kappa shape index (κ2) is 4.37. The maximum absolute atomic E-state index is 6.02. The van der Waals surface area contributed by atoms with Crippen LogP contribution < -0.4 is 5.73 Å². The first kappa shape index (κ1) is 11.6. The minimum atomic E-state index is -0.123. The monoisotopic (exact) mass is 209 g/mol. The minimum Gasteiger partial charge on any atom is -0.325 e. The molecule has 1 rings (SSSR count). The van der Waals surface area contributed by atoms with Crippen molar-refractivity contribution in [2.24, 2.45) is 5.73 Å². The van der Waals surface area contributed by atoms with E-state index >= 15 is 0 Å². The van der Waals surface area contributed by atoms with E-state index in [0.717, 1.165) is 6.42 Å². The summed E-state index contributed by atoms with van der Waals surface area (Å²) in [7, 11) is 0. The van der Waals surface area contributed by atoms with Crippen molar-refractivity contribution in [3.8, 4) is 0 Å². The summed E-state index contributed by atoms with van der Waals surface area (Å²) in [4.78, 5) is 1.31. The van der Waals surface area contributed by atoms with Crippen molar-refractivity contribution in [3.05, 3.63) is 29.3 Å². The Bertz CT molecular complexity index is 313. The molecule has 0 radical (unpaired) electrons. The van der Waals surface area contributed by atoms with Crippen molar-refractivity contribution in [1.29, 1.82) is 0 Å². The molecule has 0 bridgehead atoms. The highest BCUT2D eigenvalue weighted by Gasteiger charge is 2.13. The van der Waals surface area contributed by atoms with Gasteiger partial charge in [-0.15, -0.1) is 11.8 Å². The van der Waals surface area contributed by atoms with Crippen LogP contribution in [-0.4, -0.2) is 11.8 Å². The zero-order chi connectivity index (χ0) is 10.8. The van der Waals surface area contributed by atoms with Crippen LogP contribution >= 0.6 is 11.8 Å². The fraction of sp³-hybridized carbons (Fsp3) is 0.500. The molecule has 0 aromatic heterocycles. The molecule has 2 N–H and O–H groups in total. The molecule has 0 atom stereocenters. The third-order valence-electron chi connectivity index (χ3n) is 2.20.